The molecule has 0 fully saturated rings. The van der Waals surface area contributed by atoms with Gasteiger partial charge in [0.05, 0.1) is 16.3 Å². The average Bonchev–Trinajstić information content (AvgIpc) is 2.89. The minimum absolute atomic E-state index is 0.226. The Morgan fingerprint density at radius 3 is 2.95 bits per heavy atom. The fourth-order valence-corrected chi connectivity index (χ4v) is 2.72. The van der Waals surface area contributed by atoms with Gasteiger partial charge in [-0.3, -0.25) is 4.79 Å². The molecule has 0 spiro atoms. The van der Waals surface area contributed by atoms with Crippen LogP contribution in [0.25, 0.3) is 0 Å². The van der Waals surface area contributed by atoms with Crippen LogP contribution >= 0.6 is 11.6 Å². The minimum atomic E-state index is -0.352. The molecule has 0 bridgehead atoms. The maximum Gasteiger partial charge on any atom is 0.259 e. The highest BCUT2D eigenvalue weighted by Crippen LogP contribution is 2.30. The van der Waals surface area contributed by atoms with Crippen LogP contribution in [0.2, 0.25) is 5.02 Å². The molecule has 3 rings (SSSR count). The lowest BCUT2D eigenvalue weighted by molar-refractivity contribution is 0.0989. The monoisotopic (exact) mass is 305 g/mol. The number of amides is 1. The van der Waals surface area contributed by atoms with Crippen molar-refractivity contribution in [3.05, 3.63) is 52.4 Å². The first-order valence-corrected chi connectivity index (χ1v) is 6.91. The normalized spacial score (nSPS) is 13.2. The molecule has 1 amide bonds. The van der Waals surface area contributed by atoms with Crippen LogP contribution in [0, 0.1) is 5.82 Å². The van der Waals surface area contributed by atoms with Gasteiger partial charge in [0.1, 0.15) is 11.6 Å². The molecule has 0 aliphatic carbocycles. The van der Waals surface area contributed by atoms with Crippen LogP contribution in [0.5, 0.6) is 0 Å². The molecule has 2 aromatic rings. The van der Waals surface area contributed by atoms with Crippen molar-refractivity contribution in [2.24, 2.45) is 0 Å². The first kappa shape index (κ1) is 13.8. The van der Waals surface area contributed by atoms with Crippen molar-refractivity contribution in [1.82, 2.24) is 4.98 Å². The molecule has 1 aliphatic heterocycles. The van der Waals surface area contributed by atoms with Crippen LogP contribution in [-0.2, 0) is 6.42 Å². The number of carbonyl (C=O) groups excluding carboxylic acids is 1. The second-order valence-electron chi connectivity index (χ2n) is 4.78. The number of hydrogen-bond donors (Lipinski definition) is 1. The molecule has 0 radical (unpaired) electrons. The van der Waals surface area contributed by atoms with Crippen LogP contribution in [0.1, 0.15) is 15.9 Å². The van der Waals surface area contributed by atoms with E-state index in [2.05, 4.69) is 10.3 Å². The molecule has 0 unspecified atom stereocenters. The molecule has 2 heterocycles. The van der Waals surface area contributed by atoms with E-state index in [1.807, 2.05) is 0 Å². The highest BCUT2D eigenvalue weighted by Gasteiger charge is 2.26. The lowest BCUT2D eigenvalue weighted by atomic mass is 10.1. The summed E-state index contributed by atoms with van der Waals surface area (Å²) in [6.45, 7) is 0.531. The van der Waals surface area contributed by atoms with Gasteiger partial charge < -0.3 is 10.2 Å². The predicted molar refractivity (Wildman–Crippen MR) is 80.6 cm³/mol. The number of halogens is 2. The Kier molecular flexibility index (Phi) is 3.51. The molecule has 1 N–H and O–H groups in total. The second kappa shape index (κ2) is 5.33. The number of rotatable bonds is 2. The van der Waals surface area contributed by atoms with Gasteiger partial charge in [-0.2, -0.15) is 0 Å². The summed E-state index contributed by atoms with van der Waals surface area (Å²) >= 11 is 6.05. The topological polar surface area (TPSA) is 45.2 Å². The lowest BCUT2D eigenvalue weighted by Crippen LogP contribution is -2.29. The summed E-state index contributed by atoms with van der Waals surface area (Å²) in [5.74, 6) is -0.0624. The number of carbonyl (C=O) groups is 1. The number of benzene rings is 1. The Bertz CT molecular complexity index is 720. The zero-order chi connectivity index (χ0) is 15.0. The molecule has 1 aromatic heterocycles. The molecule has 0 saturated heterocycles. The van der Waals surface area contributed by atoms with E-state index in [4.69, 9.17) is 11.6 Å². The van der Waals surface area contributed by atoms with Gasteiger partial charge in [0.2, 0.25) is 0 Å². The summed E-state index contributed by atoms with van der Waals surface area (Å²) in [5.41, 5.74) is 1.97. The Morgan fingerprint density at radius 1 is 1.43 bits per heavy atom. The number of pyridine rings is 1. The SMILES string of the molecule is CNc1ncc(C(=O)N2CCc3ccc(F)cc32)cc1Cl. The zero-order valence-corrected chi connectivity index (χ0v) is 12.1. The molecule has 1 aliphatic rings. The van der Waals surface area contributed by atoms with Gasteiger partial charge >= 0.3 is 0 Å². The van der Waals surface area contributed by atoms with E-state index in [1.54, 1.807) is 24.1 Å². The lowest BCUT2D eigenvalue weighted by Gasteiger charge is -2.17. The Hall–Kier alpha value is -2.14. The molecule has 0 atom stereocenters. The third-order valence-electron chi connectivity index (χ3n) is 3.51. The largest absolute Gasteiger partial charge is 0.372 e. The highest BCUT2D eigenvalue weighted by atomic mass is 35.5. The molecular formula is C15H13ClFN3O. The molecule has 108 valence electrons. The van der Waals surface area contributed by atoms with E-state index in [0.29, 0.717) is 28.6 Å². The van der Waals surface area contributed by atoms with Crippen molar-refractivity contribution in [3.8, 4) is 0 Å². The van der Waals surface area contributed by atoms with Gasteiger partial charge in [0.15, 0.2) is 0 Å². The Labute approximate surface area is 126 Å². The van der Waals surface area contributed by atoms with Gasteiger partial charge in [-0.1, -0.05) is 17.7 Å². The average molecular weight is 306 g/mol. The quantitative estimate of drug-likeness (QED) is 0.927. The van der Waals surface area contributed by atoms with E-state index in [-0.39, 0.29) is 11.7 Å². The van der Waals surface area contributed by atoms with E-state index in [1.165, 1.54) is 18.3 Å². The molecular weight excluding hydrogens is 293 g/mol. The van der Waals surface area contributed by atoms with Gasteiger partial charge in [-0.15, -0.1) is 0 Å². The standard InChI is InChI=1S/C15H13ClFN3O/c1-18-14-12(16)6-10(8-19-14)15(21)20-5-4-9-2-3-11(17)7-13(9)20/h2-3,6-8H,4-5H2,1H3,(H,18,19). The molecule has 1 aromatic carbocycles. The van der Waals surface area contributed by atoms with Crippen LogP contribution in [0.4, 0.5) is 15.9 Å². The Balaban J connectivity index is 1.94. The van der Waals surface area contributed by atoms with Crippen molar-refractivity contribution < 1.29 is 9.18 Å². The summed E-state index contributed by atoms with van der Waals surface area (Å²) in [6.07, 6.45) is 2.19. The van der Waals surface area contributed by atoms with Crippen LogP contribution in [0.15, 0.2) is 30.5 Å². The summed E-state index contributed by atoms with van der Waals surface area (Å²) in [4.78, 5) is 18.2. The molecule has 4 nitrogen and oxygen atoms in total. The maximum atomic E-state index is 13.4. The number of aromatic nitrogens is 1. The molecule has 0 saturated carbocycles. The third kappa shape index (κ3) is 2.45. The first-order valence-electron chi connectivity index (χ1n) is 6.53. The van der Waals surface area contributed by atoms with Crippen LogP contribution in [0.3, 0.4) is 0 Å². The van der Waals surface area contributed by atoms with Crippen molar-refractivity contribution in [3.63, 3.8) is 0 Å². The van der Waals surface area contributed by atoms with Gasteiger partial charge in [-0.05, 0) is 30.2 Å². The van der Waals surface area contributed by atoms with Crippen molar-refractivity contribution >= 4 is 29.0 Å². The second-order valence-corrected chi connectivity index (χ2v) is 5.19. The summed E-state index contributed by atoms with van der Waals surface area (Å²) in [7, 11) is 1.70. The minimum Gasteiger partial charge on any atom is -0.372 e. The van der Waals surface area contributed by atoms with E-state index in [9.17, 15) is 9.18 Å². The fraction of sp³-hybridized carbons (Fsp3) is 0.200. The fourth-order valence-electron chi connectivity index (χ4n) is 2.46. The number of nitrogens with zero attached hydrogens (tertiary/aromatic N) is 2. The zero-order valence-electron chi connectivity index (χ0n) is 11.4. The van der Waals surface area contributed by atoms with Gasteiger partial charge in [0.25, 0.3) is 5.91 Å². The number of fused-ring (bicyclic) bond motifs is 1. The van der Waals surface area contributed by atoms with Gasteiger partial charge in [-0.25, -0.2) is 9.37 Å². The summed E-state index contributed by atoms with van der Waals surface area (Å²) < 4.78 is 13.4. The third-order valence-corrected chi connectivity index (χ3v) is 3.80. The van der Waals surface area contributed by atoms with Crippen molar-refractivity contribution in [1.29, 1.82) is 0 Å². The van der Waals surface area contributed by atoms with E-state index >= 15 is 0 Å². The highest BCUT2D eigenvalue weighted by molar-refractivity contribution is 6.33. The maximum absolute atomic E-state index is 13.4. The van der Waals surface area contributed by atoms with Crippen molar-refractivity contribution in [2.75, 3.05) is 23.8 Å². The number of nitrogens with one attached hydrogen (secondary N) is 1. The van der Waals surface area contributed by atoms with Crippen LogP contribution in [-0.4, -0.2) is 24.5 Å². The van der Waals surface area contributed by atoms with Crippen molar-refractivity contribution in [2.45, 2.75) is 6.42 Å². The molecule has 21 heavy (non-hydrogen) atoms. The van der Waals surface area contributed by atoms with Gasteiger partial charge in [0, 0.05) is 19.8 Å². The van der Waals surface area contributed by atoms with E-state index < -0.39 is 0 Å². The predicted octanol–water partition coefficient (Wildman–Crippen LogP) is 3.12. The van der Waals surface area contributed by atoms with E-state index in [0.717, 1.165) is 12.0 Å². The number of anilines is 2. The summed E-state index contributed by atoms with van der Waals surface area (Å²) in [5, 5.41) is 3.21. The first-order chi connectivity index (χ1) is 10.1. The smallest absolute Gasteiger partial charge is 0.259 e. The molecule has 6 heteroatoms. The number of hydrogen-bond acceptors (Lipinski definition) is 3. The van der Waals surface area contributed by atoms with Crippen LogP contribution < -0.4 is 10.2 Å². The Morgan fingerprint density at radius 2 is 2.24 bits per heavy atom. The summed E-state index contributed by atoms with van der Waals surface area (Å²) in [6, 6.07) is 6.08.